The van der Waals surface area contributed by atoms with E-state index >= 15 is 0 Å². The maximum Gasteiger partial charge on any atom is 0.186 e. The van der Waals surface area contributed by atoms with E-state index in [1.54, 1.807) is 18.4 Å². The summed E-state index contributed by atoms with van der Waals surface area (Å²) in [7, 11) is 1.70. The lowest BCUT2D eigenvalue weighted by atomic mass is 10.3. The van der Waals surface area contributed by atoms with E-state index in [1.165, 1.54) is 0 Å². The lowest BCUT2D eigenvalue weighted by Crippen LogP contribution is -2.44. The summed E-state index contributed by atoms with van der Waals surface area (Å²) in [4.78, 5) is 6.92. The Balaban J connectivity index is 1.83. The molecule has 1 aromatic heterocycles. The van der Waals surface area contributed by atoms with Crippen molar-refractivity contribution < 1.29 is 9.47 Å². The van der Waals surface area contributed by atoms with Gasteiger partial charge in [-0.25, -0.2) is 4.98 Å². The van der Waals surface area contributed by atoms with Crippen LogP contribution in [0.15, 0.2) is 18.2 Å². The first kappa shape index (κ1) is 12.7. The molecule has 3 rings (SSSR count). The fourth-order valence-corrected chi connectivity index (χ4v) is 3.29. The summed E-state index contributed by atoms with van der Waals surface area (Å²) in [6, 6.07) is 5.83. The third-order valence-electron chi connectivity index (χ3n) is 3.16. The second-order valence-corrected chi connectivity index (χ2v) is 5.63. The molecule has 102 valence electrons. The minimum absolute atomic E-state index is 0.121. The third kappa shape index (κ3) is 2.65. The Morgan fingerprint density at radius 1 is 1.58 bits per heavy atom. The smallest absolute Gasteiger partial charge is 0.186 e. The van der Waals surface area contributed by atoms with E-state index < -0.39 is 0 Å². The van der Waals surface area contributed by atoms with Gasteiger partial charge in [-0.1, -0.05) is 11.3 Å². The van der Waals surface area contributed by atoms with Gasteiger partial charge in [-0.2, -0.15) is 0 Å². The van der Waals surface area contributed by atoms with Gasteiger partial charge in [0.1, 0.15) is 0 Å². The summed E-state index contributed by atoms with van der Waals surface area (Å²) in [5, 5.41) is 1.03. The molecule has 0 unspecified atom stereocenters. The van der Waals surface area contributed by atoms with Crippen LogP contribution in [0.25, 0.3) is 10.2 Å². The molecule has 0 bridgehead atoms. The molecule has 2 heterocycles. The minimum Gasteiger partial charge on any atom is -0.399 e. The zero-order chi connectivity index (χ0) is 13.2. The van der Waals surface area contributed by atoms with Crippen LogP contribution < -0.4 is 10.6 Å². The van der Waals surface area contributed by atoms with Gasteiger partial charge in [0, 0.05) is 25.9 Å². The molecule has 1 saturated heterocycles. The number of nitrogens with two attached hydrogens (primary N) is 1. The van der Waals surface area contributed by atoms with Crippen molar-refractivity contribution in [2.24, 2.45) is 0 Å². The Labute approximate surface area is 115 Å². The summed E-state index contributed by atoms with van der Waals surface area (Å²) in [6.07, 6.45) is 0.121. The van der Waals surface area contributed by atoms with Crippen molar-refractivity contribution in [2.75, 3.05) is 44.0 Å². The quantitative estimate of drug-likeness (QED) is 0.867. The number of hydrogen-bond donors (Lipinski definition) is 1. The molecule has 19 heavy (non-hydrogen) atoms. The fraction of sp³-hybridized carbons (Fsp3) is 0.462. The van der Waals surface area contributed by atoms with Crippen LogP contribution in [0.5, 0.6) is 0 Å². The topological polar surface area (TPSA) is 60.6 Å². The first-order chi connectivity index (χ1) is 9.26. The lowest BCUT2D eigenvalue weighted by Gasteiger charge is -2.32. The van der Waals surface area contributed by atoms with Crippen LogP contribution in [0.1, 0.15) is 0 Å². The predicted octanol–water partition coefficient (Wildman–Crippen LogP) is 1.73. The summed E-state index contributed by atoms with van der Waals surface area (Å²) >= 11 is 1.68. The number of thiazole rings is 1. The van der Waals surface area contributed by atoms with E-state index in [-0.39, 0.29) is 6.10 Å². The molecule has 0 aliphatic carbocycles. The number of benzene rings is 1. The normalized spacial score (nSPS) is 20.1. The molecule has 1 aromatic carbocycles. The highest BCUT2D eigenvalue weighted by Gasteiger charge is 2.22. The number of ether oxygens (including phenoxy) is 2. The molecule has 0 radical (unpaired) electrons. The highest BCUT2D eigenvalue weighted by molar-refractivity contribution is 7.22. The van der Waals surface area contributed by atoms with Crippen molar-refractivity contribution in [3.05, 3.63) is 18.2 Å². The largest absolute Gasteiger partial charge is 0.399 e. The van der Waals surface area contributed by atoms with E-state index in [0.717, 1.165) is 34.1 Å². The Kier molecular flexibility index (Phi) is 3.54. The molecular formula is C13H17N3O2S. The van der Waals surface area contributed by atoms with Crippen molar-refractivity contribution in [3.63, 3.8) is 0 Å². The molecule has 1 aliphatic rings. The number of nitrogen functional groups attached to an aromatic ring is 1. The summed E-state index contributed by atoms with van der Waals surface area (Å²) in [5.74, 6) is 0. The van der Waals surface area contributed by atoms with Gasteiger partial charge in [-0.05, 0) is 18.2 Å². The van der Waals surface area contributed by atoms with Gasteiger partial charge >= 0.3 is 0 Å². The van der Waals surface area contributed by atoms with Crippen LogP contribution in [0.3, 0.4) is 0 Å². The van der Waals surface area contributed by atoms with Crippen molar-refractivity contribution >= 4 is 32.4 Å². The van der Waals surface area contributed by atoms with Gasteiger partial charge in [0.05, 0.1) is 29.5 Å². The van der Waals surface area contributed by atoms with Gasteiger partial charge < -0.3 is 20.1 Å². The number of methoxy groups -OCH3 is 1. The molecular weight excluding hydrogens is 262 g/mol. The molecule has 2 aromatic rings. The molecule has 1 atom stereocenters. The molecule has 5 nitrogen and oxygen atoms in total. The molecule has 0 spiro atoms. The molecule has 6 heteroatoms. The van der Waals surface area contributed by atoms with Crippen LogP contribution in [0, 0.1) is 0 Å². The van der Waals surface area contributed by atoms with Crippen molar-refractivity contribution in [1.82, 2.24) is 4.98 Å². The van der Waals surface area contributed by atoms with Crippen LogP contribution in [0.2, 0.25) is 0 Å². The highest BCUT2D eigenvalue weighted by atomic mass is 32.1. The molecule has 0 amide bonds. The monoisotopic (exact) mass is 279 g/mol. The van der Waals surface area contributed by atoms with Gasteiger partial charge in [-0.15, -0.1) is 0 Å². The highest BCUT2D eigenvalue weighted by Crippen LogP contribution is 2.30. The molecule has 0 saturated carbocycles. The maximum atomic E-state index is 5.80. The second kappa shape index (κ2) is 5.32. The first-order valence-electron chi connectivity index (χ1n) is 6.28. The number of nitrogens with zero attached hydrogens (tertiary/aromatic N) is 2. The number of aromatic nitrogens is 1. The van der Waals surface area contributed by atoms with Crippen molar-refractivity contribution in [2.45, 2.75) is 6.10 Å². The third-order valence-corrected chi connectivity index (χ3v) is 4.24. The fourth-order valence-electron chi connectivity index (χ4n) is 2.24. The average Bonchev–Trinajstić information content (AvgIpc) is 2.82. The minimum atomic E-state index is 0.121. The van der Waals surface area contributed by atoms with Crippen molar-refractivity contribution in [1.29, 1.82) is 0 Å². The second-order valence-electron chi connectivity index (χ2n) is 4.62. The summed E-state index contributed by atoms with van der Waals surface area (Å²) in [6.45, 7) is 3.03. The van der Waals surface area contributed by atoms with E-state index in [1.807, 2.05) is 18.2 Å². The van der Waals surface area contributed by atoms with E-state index in [0.29, 0.717) is 13.2 Å². The van der Waals surface area contributed by atoms with Crippen LogP contribution in [-0.4, -0.2) is 44.5 Å². The lowest BCUT2D eigenvalue weighted by molar-refractivity contribution is -0.0100. The summed E-state index contributed by atoms with van der Waals surface area (Å²) < 4.78 is 11.9. The van der Waals surface area contributed by atoms with Gasteiger partial charge in [0.25, 0.3) is 0 Å². The van der Waals surface area contributed by atoms with Crippen LogP contribution >= 0.6 is 11.3 Å². The first-order valence-corrected chi connectivity index (χ1v) is 7.09. The Morgan fingerprint density at radius 3 is 3.32 bits per heavy atom. The number of rotatable bonds is 3. The van der Waals surface area contributed by atoms with Gasteiger partial charge in [-0.3, -0.25) is 0 Å². The zero-order valence-electron chi connectivity index (χ0n) is 10.8. The molecule has 1 aliphatic heterocycles. The Hall–Kier alpha value is -1.37. The van der Waals surface area contributed by atoms with E-state index in [4.69, 9.17) is 15.2 Å². The Morgan fingerprint density at radius 2 is 2.47 bits per heavy atom. The molecule has 1 fully saturated rings. The van der Waals surface area contributed by atoms with Crippen molar-refractivity contribution in [3.8, 4) is 0 Å². The maximum absolute atomic E-state index is 5.80. The number of fused-ring (bicyclic) bond motifs is 1. The van der Waals surface area contributed by atoms with Gasteiger partial charge in [0.15, 0.2) is 5.13 Å². The number of anilines is 2. The number of morpholine rings is 1. The standard InChI is InChI=1S/C13H17N3O2S/c1-17-8-10-7-16(4-5-18-10)13-15-11-3-2-9(14)6-12(11)19-13/h2-3,6,10H,4-5,7-8,14H2,1H3/t10-/m1/s1. The van der Waals surface area contributed by atoms with E-state index in [2.05, 4.69) is 9.88 Å². The van der Waals surface area contributed by atoms with Crippen LogP contribution in [0.4, 0.5) is 10.8 Å². The van der Waals surface area contributed by atoms with E-state index in [9.17, 15) is 0 Å². The Bertz CT molecular complexity index is 570. The van der Waals surface area contributed by atoms with Gasteiger partial charge in [0.2, 0.25) is 0 Å². The van der Waals surface area contributed by atoms with Crippen LogP contribution in [-0.2, 0) is 9.47 Å². The number of hydrogen-bond acceptors (Lipinski definition) is 6. The predicted molar refractivity (Wildman–Crippen MR) is 77.9 cm³/mol. The molecule has 2 N–H and O–H groups in total. The SMILES string of the molecule is COC[C@H]1CN(c2nc3ccc(N)cc3s2)CCO1. The zero-order valence-corrected chi connectivity index (χ0v) is 11.7. The summed E-state index contributed by atoms with van der Waals surface area (Å²) in [5.41, 5.74) is 7.59. The average molecular weight is 279 g/mol.